The second-order valence-corrected chi connectivity index (χ2v) is 28.9. The number of alkyl halides is 4. The third kappa shape index (κ3) is 21.4. The van der Waals surface area contributed by atoms with Crippen LogP contribution in [0.1, 0.15) is 209 Å². The molecule has 7 aromatic rings. The zero-order valence-electron chi connectivity index (χ0n) is 60.8. The molecule has 0 N–H and O–H groups in total. The van der Waals surface area contributed by atoms with Crippen LogP contribution in [0, 0.1) is 125 Å². The lowest BCUT2D eigenvalue weighted by Crippen LogP contribution is -2.26. The maximum absolute atomic E-state index is 14.9. The monoisotopic (exact) mass is 1460 g/mol. The van der Waals surface area contributed by atoms with E-state index in [-0.39, 0.29) is 28.8 Å². The molecule has 2 nitrogen and oxygen atoms in total. The van der Waals surface area contributed by atoms with Gasteiger partial charge < -0.3 is 9.47 Å². The number of ether oxygens (including phenoxy) is 2. The van der Waals surface area contributed by atoms with Gasteiger partial charge in [0.2, 0.25) is 0 Å². The van der Waals surface area contributed by atoms with Gasteiger partial charge in [-0.05, 0) is 227 Å². The fraction of sp³-hybridized carbons (Fsp3) is 0.471. The van der Waals surface area contributed by atoms with Crippen molar-refractivity contribution < 1.29 is 75.3 Å². The van der Waals surface area contributed by atoms with E-state index in [0.717, 1.165) is 104 Å². The molecule has 0 aromatic heterocycles. The summed E-state index contributed by atoms with van der Waals surface area (Å²) in [5.41, 5.74) is -2.04. The first-order valence-electron chi connectivity index (χ1n) is 37.3. The van der Waals surface area contributed by atoms with E-state index in [1.165, 1.54) is 128 Å². The molecule has 104 heavy (non-hydrogen) atoms. The van der Waals surface area contributed by atoms with E-state index in [1.807, 2.05) is 38.1 Å². The van der Waals surface area contributed by atoms with Crippen molar-refractivity contribution in [3.05, 3.63) is 225 Å². The average molecular weight is 1460 g/mol. The Balaban J connectivity index is 0.000000185. The molecule has 0 spiro atoms. The van der Waals surface area contributed by atoms with Crippen molar-refractivity contribution >= 4 is 0 Å². The van der Waals surface area contributed by atoms with E-state index < -0.39 is 110 Å². The smallest absolute Gasteiger partial charge is 0.428 e. The Morgan fingerprint density at radius 2 is 0.712 bits per heavy atom. The number of hydrogen-bond donors (Lipinski definition) is 0. The van der Waals surface area contributed by atoms with Gasteiger partial charge in [0.25, 0.3) is 0 Å². The second kappa shape index (κ2) is 38.2. The van der Waals surface area contributed by atoms with E-state index in [9.17, 15) is 65.9 Å². The number of halogens is 15. The summed E-state index contributed by atoms with van der Waals surface area (Å²) < 4.78 is 221. The summed E-state index contributed by atoms with van der Waals surface area (Å²) in [4.78, 5) is 0. The molecule has 0 radical (unpaired) electrons. The van der Waals surface area contributed by atoms with Crippen LogP contribution in [-0.2, 0) is 25.1 Å². The Morgan fingerprint density at radius 1 is 0.375 bits per heavy atom. The first-order valence-corrected chi connectivity index (χ1v) is 37.3. The Kier molecular flexibility index (Phi) is 30.2. The SMILES string of the molecule is C/C=C/C1CCC(C2CCC(CCC)CC2)CC1.C=CC1CCC(C2CCC(CCC)CC2)CC1.CCCc1ccc(-c2cc(F)c(C(F)(F)Oc3cc(F)c(F)c(F)c3C)c(F)c2)cc1.CCCc1ccc(-c2ccc(-c3cc(F)c(C(F)(F)Oc4cc(F)c(F)c(F)c4C)c(F)c3)c(F)c2)cc1. The third-order valence-electron chi connectivity index (χ3n) is 21.7. The fourth-order valence-electron chi connectivity index (χ4n) is 15.8. The minimum absolute atomic E-state index is 0.0210. The van der Waals surface area contributed by atoms with Gasteiger partial charge in [0.05, 0.1) is 0 Å². The van der Waals surface area contributed by atoms with Crippen molar-refractivity contribution in [1.82, 2.24) is 0 Å². The molecule has 0 atom stereocenters. The van der Waals surface area contributed by atoms with Crippen LogP contribution in [0.2, 0.25) is 0 Å². The number of rotatable bonds is 21. The van der Waals surface area contributed by atoms with E-state index in [4.69, 9.17) is 0 Å². The molecule has 564 valence electrons. The van der Waals surface area contributed by atoms with Gasteiger partial charge in [-0.2, -0.15) is 17.6 Å². The highest BCUT2D eigenvalue weighted by Gasteiger charge is 2.44. The predicted molar refractivity (Wildman–Crippen MR) is 385 cm³/mol. The third-order valence-corrected chi connectivity index (χ3v) is 21.7. The van der Waals surface area contributed by atoms with Gasteiger partial charge in [0.1, 0.15) is 51.7 Å². The summed E-state index contributed by atoms with van der Waals surface area (Å²) in [6, 6.07) is 20.9. The quantitative estimate of drug-likeness (QED) is 0.0406. The molecule has 0 heterocycles. The number of benzene rings is 7. The van der Waals surface area contributed by atoms with Crippen molar-refractivity contribution in [3.8, 4) is 44.9 Å². The summed E-state index contributed by atoms with van der Waals surface area (Å²) in [5, 5.41) is 0. The normalized spacial score (nSPS) is 20.7. The van der Waals surface area contributed by atoms with Crippen LogP contribution in [0.15, 0.2) is 128 Å². The molecular formula is C87H99F15O2. The van der Waals surface area contributed by atoms with E-state index >= 15 is 0 Å². The maximum Gasteiger partial charge on any atom is 0.432 e. The molecule has 17 heteroatoms. The zero-order chi connectivity index (χ0) is 75.6. The fourth-order valence-corrected chi connectivity index (χ4v) is 15.8. The average Bonchev–Trinajstić information content (AvgIpc) is 0.774. The highest BCUT2D eigenvalue weighted by Crippen LogP contribution is 2.46. The van der Waals surface area contributed by atoms with Crippen LogP contribution in [0.5, 0.6) is 11.5 Å². The molecule has 11 rings (SSSR count). The molecule has 4 saturated carbocycles. The van der Waals surface area contributed by atoms with Gasteiger partial charge in [0, 0.05) is 28.8 Å². The Hall–Kier alpha value is -7.43. The van der Waals surface area contributed by atoms with Crippen LogP contribution in [0.25, 0.3) is 33.4 Å². The largest absolute Gasteiger partial charge is 0.432 e. The standard InChI is InChI=1S/C29H20F8O.C23H17F7O.C18H32.C17H30/c1-3-4-16-5-7-17(8-6-16)18-9-10-20(21(30)11-18)19-12-22(31)26(23(32)13-19)29(36,37)38-25-14-24(33)28(35)27(34)15(25)2;1-3-4-13-5-7-14(8-6-13)15-9-16(24)20(17(25)10-15)23(29,30)31-19-11-18(26)22(28)21(27)12(19)2;1-3-5-15-7-11-17(12-8-15)18-13-9-16(6-4-2)10-14-18;1-3-5-15-8-12-17(13-9-15)16-10-6-14(4-2)7-11-16/h5-14H,3-4H2,1-2H3;5-11H,3-4H2,1-2H3;3,5,15-18H,4,6-14H2,1-2H3;4,14-17H,2-3,5-13H2,1H3/b;;5-3+;. The highest BCUT2D eigenvalue weighted by molar-refractivity contribution is 5.72. The van der Waals surface area contributed by atoms with E-state index in [1.54, 1.807) is 37.1 Å². The summed E-state index contributed by atoms with van der Waals surface area (Å²) in [6.45, 7) is 16.5. The summed E-state index contributed by atoms with van der Waals surface area (Å²) in [5.74, 6) is -12.6. The zero-order valence-corrected chi connectivity index (χ0v) is 60.8. The molecule has 0 bridgehead atoms. The van der Waals surface area contributed by atoms with Crippen LogP contribution < -0.4 is 9.47 Å². The Morgan fingerprint density at radius 3 is 1.06 bits per heavy atom. The van der Waals surface area contributed by atoms with Gasteiger partial charge in [-0.25, -0.2) is 48.3 Å². The van der Waals surface area contributed by atoms with Crippen LogP contribution >= 0.6 is 0 Å². The maximum atomic E-state index is 14.9. The Bertz CT molecular complexity index is 3900. The molecule has 4 fully saturated rings. The number of allylic oxidation sites excluding steroid dienone is 3. The number of hydrogen-bond acceptors (Lipinski definition) is 2. The molecule has 0 amide bonds. The van der Waals surface area contributed by atoms with Gasteiger partial charge >= 0.3 is 12.2 Å². The first-order chi connectivity index (χ1) is 49.6. The Labute approximate surface area is 605 Å². The van der Waals surface area contributed by atoms with Gasteiger partial charge in [-0.1, -0.05) is 171 Å². The summed E-state index contributed by atoms with van der Waals surface area (Å²) >= 11 is 0. The molecule has 4 aliphatic rings. The van der Waals surface area contributed by atoms with E-state index in [0.29, 0.717) is 41.0 Å². The van der Waals surface area contributed by atoms with Gasteiger partial charge in [-0.15, -0.1) is 6.58 Å². The van der Waals surface area contributed by atoms with Crippen LogP contribution in [0.3, 0.4) is 0 Å². The van der Waals surface area contributed by atoms with Crippen molar-refractivity contribution in [3.63, 3.8) is 0 Å². The van der Waals surface area contributed by atoms with Crippen LogP contribution in [-0.4, -0.2) is 0 Å². The van der Waals surface area contributed by atoms with Crippen molar-refractivity contribution in [1.29, 1.82) is 0 Å². The second-order valence-electron chi connectivity index (χ2n) is 28.9. The lowest BCUT2D eigenvalue weighted by molar-refractivity contribution is -0.190. The minimum atomic E-state index is -4.75. The predicted octanol–water partition coefficient (Wildman–Crippen LogP) is 28.2. The molecule has 0 aliphatic heterocycles. The van der Waals surface area contributed by atoms with Gasteiger partial charge in [-0.3, -0.25) is 0 Å². The highest BCUT2D eigenvalue weighted by atomic mass is 19.3. The van der Waals surface area contributed by atoms with E-state index in [2.05, 4.69) is 55.1 Å². The van der Waals surface area contributed by atoms with Crippen molar-refractivity contribution in [2.45, 2.75) is 215 Å². The first kappa shape index (κ1) is 82.2. The summed E-state index contributed by atoms with van der Waals surface area (Å²) in [7, 11) is 0. The summed E-state index contributed by atoms with van der Waals surface area (Å²) in [6.07, 6.45) is 30.9. The molecule has 0 unspecified atom stereocenters. The topological polar surface area (TPSA) is 18.5 Å². The molecule has 4 aliphatic carbocycles. The minimum Gasteiger partial charge on any atom is -0.428 e. The molecule has 7 aromatic carbocycles. The number of aryl methyl sites for hydroxylation is 2. The van der Waals surface area contributed by atoms with Crippen LogP contribution in [0.4, 0.5) is 65.9 Å². The lowest BCUT2D eigenvalue weighted by atomic mass is 9.69. The van der Waals surface area contributed by atoms with Gasteiger partial charge in [0.15, 0.2) is 34.9 Å². The van der Waals surface area contributed by atoms with Crippen molar-refractivity contribution in [2.75, 3.05) is 0 Å². The molecular weight excluding hydrogens is 1360 g/mol. The van der Waals surface area contributed by atoms with Crippen molar-refractivity contribution in [2.24, 2.45) is 47.3 Å². The lowest BCUT2D eigenvalue weighted by Gasteiger charge is -2.37. The molecule has 0 saturated heterocycles.